The van der Waals surface area contributed by atoms with Gasteiger partial charge >= 0.3 is 0 Å². The van der Waals surface area contributed by atoms with Crippen molar-refractivity contribution < 1.29 is 9.52 Å². The molecule has 24 heavy (non-hydrogen) atoms. The molecule has 3 heterocycles. The fourth-order valence-electron chi connectivity index (χ4n) is 3.22. The number of hydrogen-bond donors (Lipinski definition) is 1. The Balaban J connectivity index is 1.54. The van der Waals surface area contributed by atoms with Crippen molar-refractivity contribution in [2.24, 2.45) is 13.0 Å². The summed E-state index contributed by atoms with van der Waals surface area (Å²) in [6, 6.07) is 0. The van der Waals surface area contributed by atoms with Crippen LogP contribution in [0.2, 0.25) is 0 Å². The fourth-order valence-corrected chi connectivity index (χ4v) is 3.22. The van der Waals surface area contributed by atoms with E-state index in [-0.39, 0.29) is 11.3 Å². The lowest BCUT2D eigenvalue weighted by Gasteiger charge is -2.33. The van der Waals surface area contributed by atoms with E-state index >= 15 is 0 Å². The van der Waals surface area contributed by atoms with Crippen LogP contribution in [0.25, 0.3) is 0 Å². The highest BCUT2D eigenvalue weighted by Crippen LogP contribution is 2.30. The highest BCUT2D eigenvalue weighted by atomic mass is 16.4. The molecule has 0 bridgehead atoms. The normalized spacial score (nSPS) is 18.9. The van der Waals surface area contributed by atoms with Gasteiger partial charge in [-0.15, -0.1) is 0 Å². The molecule has 0 aliphatic carbocycles. The molecule has 1 saturated heterocycles. The summed E-state index contributed by atoms with van der Waals surface area (Å²) in [7, 11) is 1.93. The summed E-state index contributed by atoms with van der Waals surface area (Å²) < 4.78 is 7.78. The first-order valence-corrected chi connectivity index (χ1v) is 8.67. The lowest BCUT2D eigenvalue weighted by atomic mass is 9.91. The van der Waals surface area contributed by atoms with E-state index in [2.05, 4.69) is 35.6 Å². The smallest absolute Gasteiger partial charge is 0.208 e. The lowest BCUT2D eigenvalue weighted by Crippen LogP contribution is -2.35. The highest BCUT2D eigenvalue weighted by Gasteiger charge is 2.29. The van der Waals surface area contributed by atoms with E-state index in [1.54, 1.807) is 6.20 Å². The monoisotopic (exact) mass is 332 g/mol. The predicted molar refractivity (Wildman–Crippen MR) is 91.4 cm³/mol. The van der Waals surface area contributed by atoms with Gasteiger partial charge < -0.3 is 14.1 Å². The molecule has 1 aliphatic rings. The summed E-state index contributed by atoms with van der Waals surface area (Å²) >= 11 is 0. The van der Waals surface area contributed by atoms with E-state index in [4.69, 9.17) is 4.42 Å². The molecule has 0 radical (unpaired) electrons. The molecule has 3 rings (SSSR count). The van der Waals surface area contributed by atoms with Gasteiger partial charge in [0.1, 0.15) is 17.7 Å². The van der Waals surface area contributed by atoms with Gasteiger partial charge in [0, 0.05) is 24.9 Å². The van der Waals surface area contributed by atoms with Crippen LogP contribution in [0.4, 0.5) is 0 Å². The number of aliphatic hydroxyl groups is 1. The number of nitrogens with zero attached hydrogens (tertiary/aromatic N) is 4. The maximum Gasteiger partial charge on any atom is 0.208 e. The van der Waals surface area contributed by atoms with Crippen molar-refractivity contribution in [2.75, 3.05) is 13.1 Å². The topological polar surface area (TPSA) is 67.3 Å². The predicted octanol–water partition coefficient (Wildman–Crippen LogP) is 2.65. The Kier molecular flexibility index (Phi) is 4.78. The molecule has 132 valence electrons. The van der Waals surface area contributed by atoms with E-state index in [9.17, 15) is 5.11 Å². The van der Waals surface area contributed by atoms with Gasteiger partial charge in [0.05, 0.1) is 12.7 Å². The minimum Gasteiger partial charge on any atom is -0.444 e. The minimum absolute atomic E-state index is 0.00950. The molecule has 0 spiro atoms. The summed E-state index contributed by atoms with van der Waals surface area (Å²) in [4.78, 5) is 11.0. The molecule has 1 aliphatic heterocycles. The van der Waals surface area contributed by atoms with Crippen LogP contribution in [0, 0.1) is 5.92 Å². The van der Waals surface area contributed by atoms with Crippen LogP contribution >= 0.6 is 0 Å². The number of aliphatic hydroxyl groups excluding tert-OH is 1. The maximum atomic E-state index is 10.6. The Bertz CT molecular complexity index is 663. The van der Waals surface area contributed by atoms with E-state index < -0.39 is 6.10 Å². The lowest BCUT2D eigenvalue weighted by molar-refractivity contribution is 0.0469. The zero-order chi connectivity index (χ0) is 17.3. The quantitative estimate of drug-likeness (QED) is 0.932. The summed E-state index contributed by atoms with van der Waals surface area (Å²) in [6.07, 6.45) is 6.89. The van der Waals surface area contributed by atoms with Crippen molar-refractivity contribution in [1.29, 1.82) is 0 Å². The molecule has 1 fully saturated rings. The second-order valence-electron chi connectivity index (χ2n) is 7.82. The van der Waals surface area contributed by atoms with Crippen molar-refractivity contribution in [1.82, 2.24) is 19.4 Å². The molecule has 0 amide bonds. The Labute approximate surface area is 143 Å². The standard InChI is InChI=1S/C18H28N4O2/c1-18(2,3)14-11-20-15(24-14)12-22-8-5-13(6-9-22)16(23)17-19-7-10-21(17)4/h7,10-11,13,16,23H,5-6,8-9,12H2,1-4H3. The van der Waals surface area contributed by atoms with Crippen LogP contribution < -0.4 is 0 Å². The van der Waals surface area contributed by atoms with Crippen LogP contribution in [0.5, 0.6) is 0 Å². The largest absolute Gasteiger partial charge is 0.444 e. The number of imidazole rings is 1. The molecule has 1 atom stereocenters. The van der Waals surface area contributed by atoms with Crippen LogP contribution in [-0.2, 0) is 19.0 Å². The number of aryl methyl sites for hydroxylation is 1. The zero-order valence-electron chi connectivity index (χ0n) is 15.1. The van der Waals surface area contributed by atoms with Gasteiger partial charge in [-0.25, -0.2) is 9.97 Å². The van der Waals surface area contributed by atoms with Gasteiger partial charge in [-0.3, -0.25) is 4.90 Å². The molecule has 6 heteroatoms. The second-order valence-corrected chi connectivity index (χ2v) is 7.82. The Morgan fingerprint density at radius 1 is 1.29 bits per heavy atom. The fraction of sp³-hybridized carbons (Fsp3) is 0.667. The van der Waals surface area contributed by atoms with Crippen LogP contribution in [-0.4, -0.2) is 37.6 Å². The van der Waals surface area contributed by atoms with Crippen molar-refractivity contribution in [2.45, 2.75) is 51.7 Å². The average Bonchev–Trinajstić information content (AvgIpc) is 3.16. The third-order valence-corrected chi connectivity index (χ3v) is 4.85. The molecule has 6 nitrogen and oxygen atoms in total. The Morgan fingerprint density at radius 3 is 2.54 bits per heavy atom. The van der Waals surface area contributed by atoms with Crippen molar-refractivity contribution in [3.63, 3.8) is 0 Å². The van der Waals surface area contributed by atoms with Crippen molar-refractivity contribution in [3.8, 4) is 0 Å². The number of hydrogen-bond acceptors (Lipinski definition) is 5. The van der Waals surface area contributed by atoms with Crippen LogP contribution in [0.3, 0.4) is 0 Å². The third-order valence-electron chi connectivity index (χ3n) is 4.85. The van der Waals surface area contributed by atoms with Crippen molar-refractivity contribution >= 4 is 0 Å². The number of likely N-dealkylation sites (tertiary alicyclic amines) is 1. The molecule has 0 saturated carbocycles. The first-order chi connectivity index (χ1) is 11.3. The summed E-state index contributed by atoms with van der Waals surface area (Å²) in [5, 5.41) is 10.6. The Hall–Kier alpha value is -1.66. The molecular formula is C18H28N4O2. The maximum absolute atomic E-state index is 10.6. The van der Waals surface area contributed by atoms with Gasteiger partial charge in [-0.1, -0.05) is 20.8 Å². The van der Waals surface area contributed by atoms with E-state index in [0.29, 0.717) is 0 Å². The van der Waals surface area contributed by atoms with Gasteiger partial charge in [0.15, 0.2) is 0 Å². The van der Waals surface area contributed by atoms with E-state index in [1.807, 2.05) is 24.0 Å². The number of piperidine rings is 1. The van der Waals surface area contributed by atoms with Gasteiger partial charge in [0.2, 0.25) is 5.89 Å². The van der Waals surface area contributed by atoms with E-state index in [1.165, 1.54) is 0 Å². The van der Waals surface area contributed by atoms with Crippen LogP contribution in [0.15, 0.2) is 23.0 Å². The first kappa shape index (κ1) is 17.2. The summed E-state index contributed by atoms with van der Waals surface area (Å²) in [5.41, 5.74) is -0.00950. The minimum atomic E-state index is -0.485. The summed E-state index contributed by atoms with van der Waals surface area (Å²) in [6.45, 7) is 9.01. The van der Waals surface area contributed by atoms with Crippen molar-refractivity contribution in [3.05, 3.63) is 36.1 Å². The molecule has 1 unspecified atom stereocenters. The molecule has 2 aromatic heterocycles. The van der Waals surface area contributed by atoms with Gasteiger partial charge in [-0.05, 0) is 31.8 Å². The average molecular weight is 332 g/mol. The third kappa shape index (κ3) is 3.70. The first-order valence-electron chi connectivity index (χ1n) is 8.67. The number of aromatic nitrogens is 3. The van der Waals surface area contributed by atoms with Gasteiger partial charge in [-0.2, -0.15) is 0 Å². The molecule has 2 aromatic rings. The van der Waals surface area contributed by atoms with E-state index in [0.717, 1.165) is 50.0 Å². The molecule has 0 aromatic carbocycles. The highest BCUT2D eigenvalue weighted by molar-refractivity contribution is 5.06. The summed E-state index contributed by atoms with van der Waals surface area (Å²) in [5.74, 6) is 2.73. The zero-order valence-corrected chi connectivity index (χ0v) is 15.1. The van der Waals surface area contributed by atoms with Gasteiger partial charge in [0.25, 0.3) is 0 Å². The number of oxazole rings is 1. The number of rotatable bonds is 4. The molecular weight excluding hydrogens is 304 g/mol. The van der Waals surface area contributed by atoms with Crippen LogP contribution in [0.1, 0.15) is 57.2 Å². The SMILES string of the molecule is Cn1ccnc1C(O)C1CCN(Cc2ncc(C(C)(C)C)o2)CC1. The Morgan fingerprint density at radius 2 is 2.00 bits per heavy atom. The second kappa shape index (κ2) is 6.69. The molecule has 1 N–H and O–H groups in total.